The molecule has 1 amide bonds. The molecule has 0 aliphatic carbocycles. The number of nitrogens with two attached hydrogens (primary N) is 1. The van der Waals surface area contributed by atoms with Gasteiger partial charge in [0, 0.05) is 16.3 Å². The molecule has 0 aliphatic rings. The van der Waals surface area contributed by atoms with Crippen LogP contribution in [0.1, 0.15) is 69.2 Å². The third-order valence-corrected chi connectivity index (χ3v) is 5.03. The Morgan fingerprint density at radius 2 is 1.46 bits per heavy atom. The first-order valence-corrected chi connectivity index (χ1v) is 9.69. The Labute approximate surface area is 162 Å². The highest BCUT2D eigenvalue weighted by Crippen LogP contribution is 2.32. The average molecular weight is 374 g/mol. The van der Waals surface area contributed by atoms with Crippen LogP contribution in [-0.2, 0) is 4.79 Å². The van der Waals surface area contributed by atoms with Crippen molar-refractivity contribution >= 4 is 23.2 Å². The summed E-state index contributed by atoms with van der Waals surface area (Å²) in [6, 6.07) is 14.2. The Hall–Kier alpha value is -1.84. The average Bonchev–Trinajstić information content (AvgIpc) is 2.59. The third-order valence-electron chi connectivity index (χ3n) is 4.69. The van der Waals surface area contributed by atoms with Crippen LogP contribution < -0.4 is 10.6 Å². The Morgan fingerprint density at radius 1 is 0.923 bits per heavy atom. The molecule has 2 rings (SSSR count). The van der Waals surface area contributed by atoms with Crippen LogP contribution >= 0.6 is 11.6 Å². The number of anilines is 1. The molecule has 0 saturated carbocycles. The summed E-state index contributed by atoms with van der Waals surface area (Å²) in [5, 5.41) is 5.92. The molecule has 0 radical (unpaired) electrons. The zero-order chi connectivity index (χ0) is 19.3. The van der Waals surface area contributed by atoms with Gasteiger partial charge in [-0.2, -0.15) is 0 Å². The van der Waals surface area contributed by atoms with Crippen LogP contribution in [0.25, 0.3) is 0 Å². The number of carbonyl (C=O) groups is 1. The number of para-hydroxylation sites is 1. The lowest BCUT2D eigenvalue weighted by atomic mass is 9.92. The SMILES string of the molecule is CC(C)c1cccc(C(C)C)c1NC(=O)C[NH2+][C@@H](C)c1ccccc1Cl. The van der Waals surface area contributed by atoms with Gasteiger partial charge in [0.1, 0.15) is 6.04 Å². The minimum atomic E-state index is 0.0129. The third kappa shape index (κ3) is 5.09. The monoisotopic (exact) mass is 373 g/mol. The molecule has 0 aliphatic heterocycles. The number of carbonyl (C=O) groups excluding carboxylic acids is 1. The highest BCUT2D eigenvalue weighted by atomic mass is 35.5. The fourth-order valence-corrected chi connectivity index (χ4v) is 3.45. The van der Waals surface area contributed by atoms with Crippen LogP contribution in [0.2, 0.25) is 5.02 Å². The summed E-state index contributed by atoms with van der Waals surface area (Å²) in [6.45, 7) is 11.0. The van der Waals surface area contributed by atoms with E-state index in [1.54, 1.807) is 0 Å². The molecule has 0 fully saturated rings. The Bertz CT molecular complexity index is 729. The van der Waals surface area contributed by atoms with E-state index in [0.717, 1.165) is 16.3 Å². The second-order valence-electron chi connectivity index (χ2n) is 7.42. The van der Waals surface area contributed by atoms with Gasteiger partial charge in [-0.15, -0.1) is 0 Å². The summed E-state index contributed by atoms with van der Waals surface area (Å²) in [5.74, 6) is 0.726. The normalized spacial score (nSPS) is 12.5. The van der Waals surface area contributed by atoms with Gasteiger partial charge in [-0.25, -0.2) is 0 Å². The van der Waals surface area contributed by atoms with E-state index >= 15 is 0 Å². The lowest BCUT2D eigenvalue weighted by molar-refractivity contribution is -0.682. The van der Waals surface area contributed by atoms with Gasteiger partial charge >= 0.3 is 0 Å². The van der Waals surface area contributed by atoms with E-state index in [0.29, 0.717) is 18.4 Å². The lowest BCUT2D eigenvalue weighted by Crippen LogP contribution is -2.86. The molecule has 0 aromatic heterocycles. The molecule has 0 bridgehead atoms. The highest BCUT2D eigenvalue weighted by molar-refractivity contribution is 6.31. The molecular formula is C22H30ClN2O+. The number of benzene rings is 2. The summed E-state index contributed by atoms with van der Waals surface area (Å²) >= 11 is 6.25. The van der Waals surface area contributed by atoms with E-state index < -0.39 is 0 Å². The van der Waals surface area contributed by atoms with Crippen molar-refractivity contribution in [1.82, 2.24) is 0 Å². The van der Waals surface area contributed by atoms with Crippen LogP contribution in [0.5, 0.6) is 0 Å². The fraction of sp³-hybridized carbons (Fsp3) is 0.409. The van der Waals surface area contributed by atoms with Gasteiger partial charge in [0.05, 0.1) is 0 Å². The van der Waals surface area contributed by atoms with Gasteiger partial charge in [-0.1, -0.05) is 75.7 Å². The zero-order valence-electron chi connectivity index (χ0n) is 16.3. The van der Waals surface area contributed by atoms with Crippen molar-refractivity contribution in [2.45, 2.75) is 52.5 Å². The second kappa shape index (κ2) is 9.20. The minimum absolute atomic E-state index is 0.0129. The van der Waals surface area contributed by atoms with E-state index in [4.69, 9.17) is 11.6 Å². The predicted octanol–water partition coefficient (Wildman–Crippen LogP) is 4.85. The number of hydrogen-bond donors (Lipinski definition) is 2. The summed E-state index contributed by atoms with van der Waals surface area (Å²) in [7, 11) is 0. The van der Waals surface area contributed by atoms with Crippen LogP contribution in [0.4, 0.5) is 5.69 Å². The number of hydrogen-bond acceptors (Lipinski definition) is 1. The van der Waals surface area contributed by atoms with Crippen molar-refractivity contribution < 1.29 is 10.1 Å². The van der Waals surface area contributed by atoms with Crippen LogP contribution in [0.3, 0.4) is 0 Å². The van der Waals surface area contributed by atoms with Gasteiger partial charge in [0.2, 0.25) is 0 Å². The van der Waals surface area contributed by atoms with Gasteiger partial charge in [-0.3, -0.25) is 4.79 Å². The van der Waals surface area contributed by atoms with Crippen molar-refractivity contribution in [2.24, 2.45) is 0 Å². The van der Waals surface area contributed by atoms with Gasteiger partial charge in [0.25, 0.3) is 5.91 Å². The molecule has 26 heavy (non-hydrogen) atoms. The van der Waals surface area contributed by atoms with Crippen molar-refractivity contribution in [1.29, 1.82) is 0 Å². The number of rotatable bonds is 7. The van der Waals surface area contributed by atoms with E-state index in [2.05, 4.69) is 58.1 Å². The summed E-state index contributed by atoms with van der Waals surface area (Å²) in [6.07, 6.45) is 0. The van der Waals surface area contributed by atoms with Crippen LogP contribution in [-0.4, -0.2) is 12.5 Å². The first kappa shape index (κ1) is 20.5. The molecule has 140 valence electrons. The van der Waals surface area contributed by atoms with E-state index in [1.165, 1.54) is 11.1 Å². The molecule has 0 saturated heterocycles. The zero-order valence-corrected chi connectivity index (χ0v) is 17.1. The van der Waals surface area contributed by atoms with E-state index in [9.17, 15) is 4.79 Å². The number of amides is 1. The molecule has 0 spiro atoms. The molecule has 2 aromatic rings. The van der Waals surface area contributed by atoms with Crippen LogP contribution in [0.15, 0.2) is 42.5 Å². The van der Waals surface area contributed by atoms with Gasteiger partial charge in [0.15, 0.2) is 6.54 Å². The number of halogens is 1. The maximum Gasteiger partial charge on any atom is 0.279 e. The Balaban J connectivity index is 2.09. The van der Waals surface area contributed by atoms with Crippen molar-refractivity contribution in [3.63, 3.8) is 0 Å². The van der Waals surface area contributed by atoms with Gasteiger partial charge < -0.3 is 10.6 Å². The summed E-state index contributed by atoms with van der Waals surface area (Å²) in [4.78, 5) is 12.6. The maximum atomic E-state index is 12.6. The second-order valence-corrected chi connectivity index (χ2v) is 7.83. The Morgan fingerprint density at radius 3 is 2.00 bits per heavy atom. The molecule has 4 heteroatoms. The predicted molar refractivity (Wildman–Crippen MR) is 110 cm³/mol. The molecule has 3 N–H and O–H groups in total. The maximum absolute atomic E-state index is 12.6. The number of quaternary nitrogens is 1. The lowest BCUT2D eigenvalue weighted by Gasteiger charge is -2.20. The van der Waals surface area contributed by atoms with Crippen LogP contribution in [0, 0.1) is 0 Å². The first-order chi connectivity index (χ1) is 12.3. The smallest absolute Gasteiger partial charge is 0.279 e. The molecule has 3 nitrogen and oxygen atoms in total. The van der Waals surface area contributed by atoms with Crippen molar-refractivity contribution in [2.75, 3.05) is 11.9 Å². The quantitative estimate of drug-likeness (QED) is 0.715. The van der Waals surface area contributed by atoms with Crippen molar-refractivity contribution in [3.8, 4) is 0 Å². The standard InChI is InChI=1S/C22H29ClN2O/c1-14(2)17-10-8-11-18(15(3)4)22(17)25-21(26)13-24-16(5)19-9-6-7-12-20(19)23/h6-12,14-16,24H,13H2,1-5H3,(H,25,26)/p+1/t16-/m0/s1. The van der Waals surface area contributed by atoms with Gasteiger partial charge in [-0.05, 0) is 36.0 Å². The van der Waals surface area contributed by atoms with E-state index in [1.807, 2.05) is 29.6 Å². The van der Waals surface area contributed by atoms with Crippen molar-refractivity contribution in [3.05, 3.63) is 64.2 Å². The molecule has 2 aromatic carbocycles. The molecule has 1 atom stereocenters. The topological polar surface area (TPSA) is 45.7 Å². The number of nitrogens with one attached hydrogen (secondary N) is 1. The molecule has 0 unspecified atom stereocenters. The molecular weight excluding hydrogens is 344 g/mol. The summed E-state index contributed by atoms with van der Waals surface area (Å²) < 4.78 is 0. The van der Waals surface area contributed by atoms with E-state index in [-0.39, 0.29) is 11.9 Å². The highest BCUT2D eigenvalue weighted by Gasteiger charge is 2.18. The minimum Gasteiger partial charge on any atom is -0.332 e. The molecule has 0 heterocycles. The summed E-state index contributed by atoms with van der Waals surface area (Å²) in [5.41, 5.74) is 4.39. The fourth-order valence-electron chi connectivity index (χ4n) is 3.14. The first-order valence-electron chi connectivity index (χ1n) is 9.31. The largest absolute Gasteiger partial charge is 0.332 e. The Kier molecular flexibility index (Phi) is 7.24.